The molecule has 2 amide bonds. The Kier molecular flexibility index (Phi) is 12.1. The van der Waals surface area contributed by atoms with Gasteiger partial charge in [0.15, 0.2) is 6.10 Å². The Balaban J connectivity index is 1.16. The number of fused-ring (bicyclic) bond motifs is 6. The van der Waals surface area contributed by atoms with Crippen LogP contribution in [0.15, 0.2) is 72.8 Å². The van der Waals surface area contributed by atoms with E-state index < -0.39 is 75.2 Å². The molecule has 6 aliphatic rings. The average molecular weight is 997 g/mol. The summed E-state index contributed by atoms with van der Waals surface area (Å²) in [4.78, 5) is 67.6. The number of carbonyl (C=O) groups excluding carboxylic acids is 4. The van der Waals surface area contributed by atoms with Gasteiger partial charge in [0.05, 0.1) is 38.5 Å². The number of piperidine rings is 1. The largest absolute Gasteiger partial charge is 0.496 e. The highest BCUT2D eigenvalue weighted by atomic mass is 19.4. The Morgan fingerprint density at radius 3 is 2.32 bits per heavy atom. The molecule has 1 spiro atoms. The fraction of sp³-hybridized carbons (Fsp3) is 0.519. The summed E-state index contributed by atoms with van der Waals surface area (Å²) in [6.07, 6.45) is 0.710. The maximum atomic E-state index is 15.7. The molecule has 384 valence electrons. The van der Waals surface area contributed by atoms with Crippen molar-refractivity contribution in [2.45, 2.75) is 106 Å². The number of carbonyl (C=O) groups is 4. The van der Waals surface area contributed by atoms with E-state index in [1.165, 1.54) is 33.3 Å². The second-order valence-corrected chi connectivity index (χ2v) is 20.9. The van der Waals surface area contributed by atoms with Gasteiger partial charge in [-0.15, -0.1) is 0 Å². The zero-order chi connectivity index (χ0) is 51.3. The minimum absolute atomic E-state index is 0.194. The molecule has 4 aromatic rings. The molecule has 2 bridgehead atoms. The molecule has 1 aromatic heterocycles. The van der Waals surface area contributed by atoms with Gasteiger partial charge in [0, 0.05) is 96.6 Å². The summed E-state index contributed by atoms with van der Waals surface area (Å²) in [5.74, 6) is -2.02. The molecule has 10 atom stereocenters. The first-order chi connectivity index (χ1) is 34.3. The molecule has 2 saturated heterocycles. The number of aromatic amines is 1. The van der Waals surface area contributed by atoms with Gasteiger partial charge in [-0.05, 0) is 98.5 Å². The first-order valence-corrected chi connectivity index (χ1v) is 24.8. The molecule has 18 heteroatoms. The van der Waals surface area contributed by atoms with Crippen LogP contribution in [-0.4, -0.2) is 134 Å². The number of para-hydroxylation sites is 1. The predicted octanol–water partition coefficient (Wildman–Crippen LogP) is 6.84. The number of hydrogen-bond donors (Lipinski definition) is 4. The molecule has 4 N–H and O–H groups in total. The zero-order valence-corrected chi connectivity index (χ0v) is 41.7. The number of hydrogen-bond acceptors (Lipinski definition) is 12. The van der Waals surface area contributed by atoms with E-state index in [9.17, 15) is 32.7 Å². The van der Waals surface area contributed by atoms with Crippen LogP contribution in [0, 0.1) is 11.3 Å². The van der Waals surface area contributed by atoms with E-state index in [1.54, 1.807) is 7.11 Å². The number of nitrogens with zero attached hydrogens (tertiary/aromatic N) is 3. The lowest BCUT2D eigenvalue weighted by Crippen LogP contribution is -2.81. The van der Waals surface area contributed by atoms with Gasteiger partial charge in [0.1, 0.15) is 11.2 Å². The van der Waals surface area contributed by atoms with Gasteiger partial charge in [0.25, 0.3) is 0 Å². The lowest BCUT2D eigenvalue weighted by Gasteiger charge is -2.63. The van der Waals surface area contributed by atoms with Gasteiger partial charge in [-0.2, -0.15) is 13.2 Å². The van der Waals surface area contributed by atoms with Crippen LogP contribution < -0.4 is 20.3 Å². The lowest BCUT2D eigenvalue weighted by molar-refractivity contribution is -0.228. The van der Waals surface area contributed by atoms with Crippen LogP contribution in [0.25, 0.3) is 10.9 Å². The van der Waals surface area contributed by atoms with Crippen molar-refractivity contribution in [1.82, 2.24) is 20.1 Å². The fourth-order valence-electron chi connectivity index (χ4n) is 14.9. The molecule has 1 aliphatic carbocycles. The predicted molar refractivity (Wildman–Crippen MR) is 262 cm³/mol. The summed E-state index contributed by atoms with van der Waals surface area (Å²) in [7, 11) is 5.97. The molecule has 6 heterocycles. The van der Waals surface area contributed by atoms with Crippen LogP contribution in [0.3, 0.4) is 0 Å². The van der Waals surface area contributed by atoms with Crippen molar-refractivity contribution in [2.75, 3.05) is 71.3 Å². The fourth-order valence-corrected chi connectivity index (χ4v) is 14.9. The average Bonchev–Trinajstić information content (AvgIpc) is 4.02. The van der Waals surface area contributed by atoms with Gasteiger partial charge in [-0.1, -0.05) is 44.2 Å². The number of urea groups is 1. The number of H-pyrrole nitrogens is 1. The van der Waals surface area contributed by atoms with Gasteiger partial charge in [-0.25, -0.2) is 9.59 Å². The molecule has 3 fully saturated rings. The summed E-state index contributed by atoms with van der Waals surface area (Å²) in [5, 5.41) is 20.4. The number of benzene rings is 3. The zero-order valence-electron chi connectivity index (χ0n) is 41.7. The minimum Gasteiger partial charge on any atom is -0.496 e. The van der Waals surface area contributed by atoms with Crippen molar-refractivity contribution in [1.29, 1.82) is 0 Å². The number of amides is 2. The number of rotatable bonds is 9. The van der Waals surface area contributed by atoms with Gasteiger partial charge in [-0.3, -0.25) is 14.5 Å². The molecular formula is C54H63F3N6O9. The third-order valence-electron chi connectivity index (χ3n) is 17.5. The first-order valence-electron chi connectivity index (χ1n) is 24.8. The van der Waals surface area contributed by atoms with Gasteiger partial charge >= 0.3 is 30.1 Å². The normalized spacial score (nSPS) is 32.5. The second kappa shape index (κ2) is 17.5. The van der Waals surface area contributed by atoms with E-state index >= 15 is 4.79 Å². The van der Waals surface area contributed by atoms with Crippen molar-refractivity contribution in [2.24, 2.45) is 11.3 Å². The molecular weight excluding hydrogens is 934 g/mol. The summed E-state index contributed by atoms with van der Waals surface area (Å²) in [6.45, 7) is 8.05. The van der Waals surface area contributed by atoms with Crippen LogP contribution in [0.1, 0.15) is 80.8 Å². The summed E-state index contributed by atoms with van der Waals surface area (Å²) in [6, 6.07) is 14.2. The molecule has 1 unspecified atom stereocenters. The summed E-state index contributed by atoms with van der Waals surface area (Å²) >= 11 is 0. The Hall–Kier alpha value is -6.11. The van der Waals surface area contributed by atoms with E-state index in [1.807, 2.05) is 74.3 Å². The number of halogens is 3. The van der Waals surface area contributed by atoms with E-state index in [0.29, 0.717) is 87.5 Å². The standard InChI is InChI=1S/C54H63F3N6O9/c1-8-49(60-48(67)58-34-17-15-33(16-18-34)54(55,56)57)27-32-28-52(46(65)70-6,42-36(19-23-62(29-32)30-49)35-13-10-11-14-39(35)59-42)38-25-37-40(26-41(38)69-5)61(4)44-51(37)21-24-63-22-12-20-50(9-2,43(51)63)45(72-31(3)64)53(44,68)47(66)71-7/h10-18,20,25-26,32,43-45,59,68H,8-9,19,21-24,27-30H2,1-7H3,(H2,58,60,67)/t32-,43+,44-,45-,49+,50-,51-,52+,53+/m1/s1. The number of aliphatic hydroxyl groups is 1. The number of likely N-dealkylation sites (N-methyl/N-ethyl adjacent to an activating group) is 1. The highest BCUT2D eigenvalue weighted by molar-refractivity contribution is 5.95. The number of nitrogens with one attached hydrogen (secondary N) is 3. The number of methoxy groups -OCH3 is 3. The van der Waals surface area contributed by atoms with Crippen molar-refractivity contribution in [3.63, 3.8) is 0 Å². The van der Waals surface area contributed by atoms with Crippen LogP contribution >= 0.6 is 0 Å². The maximum Gasteiger partial charge on any atom is 0.416 e. The topological polar surface area (TPSA) is 175 Å². The Morgan fingerprint density at radius 1 is 0.917 bits per heavy atom. The van der Waals surface area contributed by atoms with Crippen molar-refractivity contribution < 1.29 is 56.4 Å². The molecule has 72 heavy (non-hydrogen) atoms. The maximum absolute atomic E-state index is 15.7. The van der Waals surface area contributed by atoms with Crippen LogP contribution in [0.5, 0.6) is 5.75 Å². The van der Waals surface area contributed by atoms with Crippen molar-refractivity contribution in [3.05, 3.63) is 101 Å². The highest BCUT2D eigenvalue weighted by Crippen LogP contribution is 2.68. The summed E-state index contributed by atoms with van der Waals surface area (Å²) < 4.78 is 64.3. The minimum atomic E-state index is -4.53. The molecule has 15 nitrogen and oxygen atoms in total. The van der Waals surface area contributed by atoms with E-state index in [4.69, 9.17) is 18.9 Å². The molecule has 10 rings (SSSR count). The lowest BCUT2D eigenvalue weighted by atomic mass is 9.47. The van der Waals surface area contributed by atoms with E-state index in [0.717, 1.165) is 34.2 Å². The Morgan fingerprint density at radius 2 is 1.65 bits per heavy atom. The Bertz CT molecular complexity index is 2870. The number of alkyl halides is 3. The molecule has 5 aliphatic heterocycles. The number of esters is 3. The third kappa shape index (κ3) is 7.08. The quantitative estimate of drug-likeness (QED) is 0.0783. The first kappa shape index (κ1) is 49.5. The van der Waals surface area contributed by atoms with Crippen LogP contribution in [0.4, 0.5) is 29.3 Å². The van der Waals surface area contributed by atoms with Gasteiger partial charge in [0.2, 0.25) is 5.60 Å². The number of aromatic nitrogens is 1. The van der Waals surface area contributed by atoms with E-state index in [-0.39, 0.29) is 24.1 Å². The van der Waals surface area contributed by atoms with E-state index in [2.05, 4.69) is 25.4 Å². The number of ether oxygens (including phenoxy) is 4. The smallest absolute Gasteiger partial charge is 0.416 e. The SMILES string of the molecule is CC[C@]1(NC(=O)Nc2ccc(C(F)(F)F)cc2)C[C@H]2CN(CCc3c([nH]c4ccccc34)[C@@](C(=O)OC)(c3cc4c(cc3OC)N(C)[C@H]3[C@@](O)(C(=O)OC)[C@H](OC(C)=O)[C@]5(CC)C=CCN6CC[C@]43[C@@H]65)C2)C1. The van der Waals surface area contributed by atoms with Crippen LogP contribution in [-0.2, 0) is 52.0 Å². The molecule has 0 radical (unpaired) electrons. The number of anilines is 2. The highest BCUT2D eigenvalue weighted by Gasteiger charge is 2.80. The monoisotopic (exact) mass is 996 g/mol. The third-order valence-corrected chi connectivity index (χ3v) is 17.5. The second-order valence-electron chi connectivity index (χ2n) is 20.9. The van der Waals surface area contributed by atoms with Gasteiger partial charge < -0.3 is 49.5 Å². The molecule has 1 saturated carbocycles. The van der Waals surface area contributed by atoms with Crippen LogP contribution in [0.2, 0.25) is 0 Å². The Labute approximate surface area is 416 Å². The van der Waals surface area contributed by atoms with Crippen molar-refractivity contribution >= 4 is 46.2 Å². The summed E-state index contributed by atoms with van der Waals surface area (Å²) in [5.41, 5.74) is -3.09. The van der Waals surface area contributed by atoms with Crippen molar-refractivity contribution in [3.8, 4) is 5.75 Å². The molecule has 3 aromatic carbocycles.